The minimum atomic E-state index is -1.09. The van der Waals surface area contributed by atoms with Gasteiger partial charge in [-0.2, -0.15) is 5.10 Å². The highest BCUT2D eigenvalue weighted by molar-refractivity contribution is 9.10. The summed E-state index contributed by atoms with van der Waals surface area (Å²) in [5, 5.41) is 12.9. The van der Waals surface area contributed by atoms with E-state index in [0.29, 0.717) is 10.8 Å². The minimum absolute atomic E-state index is 0.0548. The van der Waals surface area contributed by atoms with E-state index in [1.54, 1.807) is 12.3 Å². The third-order valence-corrected chi connectivity index (χ3v) is 2.53. The number of hydrogen-bond acceptors (Lipinski definition) is 3. The highest BCUT2D eigenvalue weighted by atomic mass is 79.9. The third-order valence-electron chi connectivity index (χ3n) is 1.81. The topological polar surface area (TPSA) is 68.0 Å². The van der Waals surface area contributed by atoms with Crippen molar-refractivity contribution < 1.29 is 9.90 Å². The molecule has 82 valence electrons. The maximum atomic E-state index is 10.6. The van der Waals surface area contributed by atoms with Gasteiger partial charge < -0.3 is 5.11 Å². The number of halogens is 2. The molecule has 0 spiro atoms. The van der Waals surface area contributed by atoms with Gasteiger partial charge >= 0.3 is 5.97 Å². The van der Waals surface area contributed by atoms with Crippen molar-refractivity contribution in [3.63, 3.8) is 0 Å². The highest BCUT2D eigenvalue weighted by Gasteiger charge is 2.10. The van der Waals surface area contributed by atoms with Crippen LogP contribution in [0.2, 0.25) is 5.02 Å². The lowest BCUT2D eigenvalue weighted by Gasteiger charge is -2.02. The SMILES string of the molecule is O=C(O)c1ccn(-c2ncc(Br)cc2Cl)n1. The Balaban J connectivity index is 2.46. The Hall–Kier alpha value is -1.40. The van der Waals surface area contributed by atoms with Crippen LogP contribution >= 0.6 is 27.5 Å². The number of carboxylic acid groups (broad SMARTS) is 1. The number of hydrogen-bond donors (Lipinski definition) is 1. The lowest BCUT2D eigenvalue weighted by atomic mass is 10.4. The van der Waals surface area contributed by atoms with E-state index in [1.807, 2.05) is 0 Å². The summed E-state index contributed by atoms with van der Waals surface area (Å²) in [7, 11) is 0. The minimum Gasteiger partial charge on any atom is -0.476 e. The molecule has 5 nitrogen and oxygen atoms in total. The first-order valence-electron chi connectivity index (χ1n) is 4.18. The van der Waals surface area contributed by atoms with E-state index in [2.05, 4.69) is 26.0 Å². The van der Waals surface area contributed by atoms with E-state index < -0.39 is 5.97 Å². The summed E-state index contributed by atoms with van der Waals surface area (Å²) in [5.74, 6) is -0.704. The van der Waals surface area contributed by atoms with Gasteiger partial charge in [-0.1, -0.05) is 11.6 Å². The van der Waals surface area contributed by atoms with Gasteiger partial charge in [0.2, 0.25) is 0 Å². The largest absolute Gasteiger partial charge is 0.476 e. The molecule has 2 aromatic heterocycles. The van der Waals surface area contributed by atoms with Crippen LogP contribution < -0.4 is 0 Å². The first kappa shape index (κ1) is 11.1. The second-order valence-corrected chi connectivity index (χ2v) is 4.23. The number of rotatable bonds is 2. The van der Waals surface area contributed by atoms with E-state index in [0.717, 1.165) is 4.47 Å². The summed E-state index contributed by atoms with van der Waals surface area (Å²) in [5.41, 5.74) is -0.0548. The highest BCUT2D eigenvalue weighted by Crippen LogP contribution is 2.21. The molecule has 0 saturated carbocycles. The molecule has 0 saturated heterocycles. The Morgan fingerprint density at radius 2 is 2.31 bits per heavy atom. The van der Waals surface area contributed by atoms with Crippen molar-refractivity contribution in [1.82, 2.24) is 14.8 Å². The smallest absolute Gasteiger partial charge is 0.356 e. The molecule has 0 amide bonds. The number of nitrogens with zero attached hydrogens (tertiary/aromatic N) is 3. The summed E-state index contributed by atoms with van der Waals surface area (Å²) < 4.78 is 2.06. The van der Waals surface area contributed by atoms with Crippen molar-refractivity contribution in [2.75, 3.05) is 0 Å². The number of aromatic carboxylic acids is 1. The Bertz CT molecular complexity index is 555. The molecule has 0 aliphatic carbocycles. The average molecular weight is 303 g/mol. The molecule has 7 heteroatoms. The molecule has 0 radical (unpaired) electrons. The standard InChI is InChI=1S/C9H5BrClN3O2/c10-5-3-6(11)8(12-4-5)14-2-1-7(13-14)9(15)16/h1-4H,(H,15,16). The maximum absolute atomic E-state index is 10.6. The fourth-order valence-corrected chi connectivity index (χ4v) is 1.85. The fourth-order valence-electron chi connectivity index (χ4n) is 1.13. The molecule has 0 aromatic carbocycles. The molecule has 0 atom stereocenters. The van der Waals surface area contributed by atoms with Gasteiger partial charge in [-0.05, 0) is 28.1 Å². The zero-order valence-electron chi connectivity index (χ0n) is 7.76. The summed E-state index contributed by atoms with van der Waals surface area (Å²) in [6.07, 6.45) is 3.05. The van der Waals surface area contributed by atoms with Crippen molar-refractivity contribution in [3.05, 3.63) is 39.7 Å². The van der Waals surface area contributed by atoms with E-state index in [9.17, 15) is 4.79 Å². The molecule has 2 rings (SSSR count). The van der Waals surface area contributed by atoms with Crippen LogP contribution in [0.25, 0.3) is 5.82 Å². The van der Waals surface area contributed by atoms with Gasteiger partial charge in [0, 0.05) is 16.9 Å². The van der Waals surface area contributed by atoms with Crippen LogP contribution in [0, 0.1) is 0 Å². The van der Waals surface area contributed by atoms with Crippen LogP contribution in [0.5, 0.6) is 0 Å². The molecule has 0 bridgehead atoms. The van der Waals surface area contributed by atoms with Crippen LogP contribution in [-0.4, -0.2) is 25.8 Å². The normalized spacial score (nSPS) is 10.4. The van der Waals surface area contributed by atoms with Crippen LogP contribution in [-0.2, 0) is 0 Å². The zero-order chi connectivity index (χ0) is 11.7. The van der Waals surface area contributed by atoms with Gasteiger partial charge in [0.25, 0.3) is 0 Å². The lowest BCUT2D eigenvalue weighted by molar-refractivity contribution is 0.0690. The lowest BCUT2D eigenvalue weighted by Crippen LogP contribution is -2.03. The van der Waals surface area contributed by atoms with Gasteiger partial charge in [-0.25, -0.2) is 14.5 Å². The van der Waals surface area contributed by atoms with E-state index in [1.165, 1.54) is 16.9 Å². The van der Waals surface area contributed by atoms with Crippen molar-refractivity contribution >= 4 is 33.5 Å². The Morgan fingerprint density at radius 3 is 2.88 bits per heavy atom. The van der Waals surface area contributed by atoms with Crippen molar-refractivity contribution in [2.24, 2.45) is 0 Å². The molecule has 0 fully saturated rings. The molecule has 0 unspecified atom stereocenters. The van der Waals surface area contributed by atoms with Crippen LogP contribution in [0.3, 0.4) is 0 Å². The predicted octanol–water partition coefficient (Wildman–Crippen LogP) is 2.38. The van der Waals surface area contributed by atoms with Crippen molar-refractivity contribution in [1.29, 1.82) is 0 Å². The van der Waals surface area contributed by atoms with Crippen molar-refractivity contribution in [3.8, 4) is 5.82 Å². The molecular formula is C9H5BrClN3O2. The number of aromatic nitrogens is 3. The first-order chi connectivity index (χ1) is 7.58. The molecule has 16 heavy (non-hydrogen) atoms. The second-order valence-electron chi connectivity index (χ2n) is 2.91. The molecule has 0 aliphatic heterocycles. The summed E-state index contributed by atoms with van der Waals surface area (Å²) in [4.78, 5) is 14.7. The molecule has 2 aromatic rings. The Morgan fingerprint density at radius 1 is 1.56 bits per heavy atom. The quantitative estimate of drug-likeness (QED) is 0.925. The van der Waals surface area contributed by atoms with Gasteiger partial charge in [-0.3, -0.25) is 0 Å². The second kappa shape index (κ2) is 4.23. The van der Waals surface area contributed by atoms with Crippen LogP contribution in [0.1, 0.15) is 10.5 Å². The van der Waals surface area contributed by atoms with Gasteiger partial charge in [0.15, 0.2) is 11.5 Å². The van der Waals surface area contributed by atoms with Crippen LogP contribution in [0.4, 0.5) is 0 Å². The van der Waals surface area contributed by atoms with Crippen molar-refractivity contribution in [2.45, 2.75) is 0 Å². The van der Waals surface area contributed by atoms with Gasteiger partial charge in [-0.15, -0.1) is 0 Å². The van der Waals surface area contributed by atoms with E-state index >= 15 is 0 Å². The predicted molar refractivity (Wildman–Crippen MR) is 61.0 cm³/mol. The Labute approximate surface area is 104 Å². The summed E-state index contributed by atoms with van der Waals surface area (Å²) >= 11 is 9.18. The summed E-state index contributed by atoms with van der Waals surface area (Å²) in [6, 6.07) is 3.04. The fraction of sp³-hybridized carbons (Fsp3) is 0. The van der Waals surface area contributed by atoms with Gasteiger partial charge in [0.05, 0.1) is 5.02 Å². The molecule has 1 N–H and O–H groups in total. The molecule has 2 heterocycles. The van der Waals surface area contributed by atoms with Crippen LogP contribution in [0.15, 0.2) is 29.0 Å². The first-order valence-corrected chi connectivity index (χ1v) is 5.35. The zero-order valence-corrected chi connectivity index (χ0v) is 10.1. The molecular weight excluding hydrogens is 297 g/mol. The monoisotopic (exact) mass is 301 g/mol. The summed E-state index contributed by atoms with van der Waals surface area (Å²) in [6.45, 7) is 0. The Kier molecular flexibility index (Phi) is 2.93. The number of carboxylic acids is 1. The maximum Gasteiger partial charge on any atom is 0.356 e. The number of carbonyl (C=O) groups is 1. The molecule has 0 aliphatic rings. The average Bonchev–Trinajstić information content (AvgIpc) is 2.66. The van der Waals surface area contributed by atoms with E-state index in [-0.39, 0.29) is 5.69 Å². The van der Waals surface area contributed by atoms with E-state index in [4.69, 9.17) is 16.7 Å². The third kappa shape index (κ3) is 2.07. The van der Waals surface area contributed by atoms with Gasteiger partial charge in [0.1, 0.15) is 0 Å². The number of pyridine rings is 1.